The summed E-state index contributed by atoms with van der Waals surface area (Å²) in [6, 6.07) is 7.97. The molecule has 2 N–H and O–H groups in total. The van der Waals surface area contributed by atoms with E-state index in [1.54, 1.807) is 10.9 Å². The Morgan fingerprint density at radius 3 is 2.91 bits per heavy atom. The van der Waals surface area contributed by atoms with Crippen LogP contribution in [0.2, 0.25) is 0 Å². The SMILES string of the molecule is NCCc1cccc(-c2cn(C[C@]34C[C@H]3CCC4(F)F)nn2)c1. The summed E-state index contributed by atoms with van der Waals surface area (Å²) in [4.78, 5) is 0. The van der Waals surface area contributed by atoms with Gasteiger partial charge in [-0.2, -0.15) is 0 Å². The van der Waals surface area contributed by atoms with E-state index >= 15 is 0 Å². The van der Waals surface area contributed by atoms with Gasteiger partial charge in [0.1, 0.15) is 5.69 Å². The van der Waals surface area contributed by atoms with Crippen LogP contribution in [0.25, 0.3) is 11.3 Å². The zero-order chi connectivity index (χ0) is 16.1. The monoisotopic (exact) mass is 318 g/mol. The molecule has 0 aliphatic heterocycles. The number of alkyl halides is 2. The van der Waals surface area contributed by atoms with E-state index in [0.29, 0.717) is 19.4 Å². The van der Waals surface area contributed by atoms with Crippen LogP contribution in [0.4, 0.5) is 8.78 Å². The lowest BCUT2D eigenvalue weighted by molar-refractivity contribution is -0.0699. The van der Waals surface area contributed by atoms with Crippen LogP contribution in [0, 0.1) is 11.3 Å². The molecule has 1 aromatic carbocycles. The lowest BCUT2D eigenvalue weighted by Crippen LogP contribution is -2.31. The van der Waals surface area contributed by atoms with Crippen LogP contribution in [0.15, 0.2) is 30.5 Å². The quantitative estimate of drug-likeness (QED) is 0.922. The molecule has 2 saturated carbocycles. The molecule has 0 saturated heterocycles. The lowest BCUT2D eigenvalue weighted by atomic mass is 9.99. The molecule has 1 heterocycles. The number of hydrogen-bond acceptors (Lipinski definition) is 3. The molecule has 0 unspecified atom stereocenters. The van der Waals surface area contributed by atoms with Crippen LogP contribution >= 0.6 is 0 Å². The van der Waals surface area contributed by atoms with Gasteiger partial charge in [-0.15, -0.1) is 5.10 Å². The molecule has 2 atom stereocenters. The highest BCUT2D eigenvalue weighted by atomic mass is 19.3. The van der Waals surface area contributed by atoms with Crippen molar-refractivity contribution in [2.24, 2.45) is 17.1 Å². The third kappa shape index (κ3) is 2.36. The van der Waals surface area contributed by atoms with Gasteiger partial charge in [-0.25, -0.2) is 8.78 Å². The number of nitrogens with zero attached hydrogens (tertiary/aromatic N) is 3. The van der Waals surface area contributed by atoms with E-state index in [1.165, 1.54) is 0 Å². The van der Waals surface area contributed by atoms with Crippen LogP contribution < -0.4 is 5.73 Å². The van der Waals surface area contributed by atoms with Gasteiger partial charge < -0.3 is 5.73 Å². The second-order valence-electron chi connectivity index (χ2n) is 6.84. The molecule has 2 fully saturated rings. The summed E-state index contributed by atoms with van der Waals surface area (Å²) in [7, 11) is 0. The van der Waals surface area contributed by atoms with Gasteiger partial charge in [-0.3, -0.25) is 4.68 Å². The predicted molar refractivity (Wildman–Crippen MR) is 82.9 cm³/mol. The number of nitrogens with two attached hydrogens (primary N) is 1. The second-order valence-corrected chi connectivity index (χ2v) is 6.84. The maximum atomic E-state index is 14.1. The van der Waals surface area contributed by atoms with Crippen molar-refractivity contribution in [2.75, 3.05) is 6.54 Å². The van der Waals surface area contributed by atoms with E-state index in [1.807, 2.05) is 24.3 Å². The zero-order valence-corrected chi connectivity index (χ0v) is 12.9. The van der Waals surface area contributed by atoms with Gasteiger partial charge in [0.2, 0.25) is 0 Å². The van der Waals surface area contributed by atoms with Crippen molar-refractivity contribution < 1.29 is 8.78 Å². The second kappa shape index (κ2) is 5.09. The molecular weight excluding hydrogens is 298 g/mol. The molecule has 4 nitrogen and oxygen atoms in total. The smallest absolute Gasteiger partial charge is 0.255 e. The van der Waals surface area contributed by atoms with E-state index < -0.39 is 11.3 Å². The van der Waals surface area contributed by atoms with Gasteiger partial charge >= 0.3 is 0 Å². The van der Waals surface area contributed by atoms with Crippen molar-refractivity contribution >= 4 is 0 Å². The highest BCUT2D eigenvalue weighted by Gasteiger charge is 2.73. The van der Waals surface area contributed by atoms with Crippen LogP contribution in [0.5, 0.6) is 0 Å². The topological polar surface area (TPSA) is 56.7 Å². The number of rotatable bonds is 5. The molecule has 0 bridgehead atoms. The molecule has 0 amide bonds. The van der Waals surface area contributed by atoms with E-state index in [4.69, 9.17) is 5.73 Å². The van der Waals surface area contributed by atoms with Gasteiger partial charge in [0, 0.05) is 12.0 Å². The van der Waals surface area contributed by atoms with Crippen LogP contribution in [-0.2, 0) is 13.0 Å². The Balaban J connectivity index is 1.55. The van der Waals surface area contributed by atoms with E-state index in [9.17, 15) is 8.78 Å². The van der Waals surface area contributed by atoms with E-state index in [2.05, 4.69) is 10.3 Å². The normalized spacial score (nSPS) is 27.9. The fourth-order valence-corrected chi connectivity index (χ4v) is 3.97. The summed E-state index contributed by atoms with van der Waals surface area (Å²) in [5.41, 5.74) is 7.52. The van der Waals surface area contributed by atoms with Gasteiger partial charge in [0.25, 0.3) is 5.92 Å². The van der Waals surface area contributed by atoms with Gasteiger partial charge in [0.05, 0.1) is 18.2 Å². The summed E-state index contributed by atoms with van der Waals surface area (Å²) in [6.07, 6.45) is 3.84. The summed E-state index contributed by atoms with van der Waals surface area (Å²) in [6.45, 7) is 0.856. The van der Waals surface area contributed by atoms with Crippen LogP contribution in [-0.4, -0.2) is 27.5 Å². The molecule has 0 radical (unpaired) electrons. The maximum Gasteiger partial charge on any atom is 0.255 e. The Hall–Kier alpha value is -1.82. The molecule has 2 aliphatic rings. The number of hydrogen-bond donors (Lipinski definition) is 1. The Kier molecular flexibility index (Phi) is 3.27. The minimum absolute atomic E-state index is 0.0142. The molecule has 6 heteroatoms. The Labute approximate surface area is 133 Å². The molecule has 0 spiro atoms. The molecule has 2 aliphatic carbocycles. The fourth-order valence-electron chi connectivity index (χ4n) is 3.97. The van der Waals surface area contributed by atoms with Crippen LogP contribution in [0.3, 0.4) is 0 Å². The number of aromatic nitrogens is 3. The Bertz CT molecular complexity index is 727. The Morgan fingerprint density at radius 2 is 2.22 bits per heavy atom. The van der Waals surface area contributed by atoms with Crippen LogP contribution in [0.1, 0.15) is 24.8 Å². The highest BCUT2D eigenvalue weighted by molar-refractivity contribution is 5.58. The molecule has 2 aromatic rings. The molecule has 1 aromatic heterocycles. The third-order valence-electron chi connectivity index (χ3n) is 5.41. The first kappa shape index (κ1) is 14.8. The summed E-state index contributed by atoms with van der Waals surface area (Å²) in [5.74, 6) is -2.41. The van der Waals surface area contributed by atoms with E-state index in [0.717, 1.165) is 23.2 Å². The number of benzene rings is 1. The van der Waals surface area contributed by atoms with E-state index in [-0.39, 0.29) is 18.9 Å². The number of fused-ring (bicyclic) bond motifs is 1. The summed E-state index contributed by atoms with van der Waals surface area (Å²) < 4.78 is 29.8. The van der Waals surface area contributed by atoms with Gasteiger partial charge in [0.15, 0.2) is 0 Å². The van der Waals surface area contributed by atoms with Gasteiger partial charge in [-0.05, 0) is 43.4 Å². The first-order valence-corrected chi connectivity index (χ1v) is 8.11. The molecule has 4 rings (SSSR count). The van der Waals surface area contributed by atoms with Crippen molar-refractivity contribution in [1.82, 2.24) is 15.0 Å². The van der Waals surface area contributed by atoms with Crippen molar-refractivity contribution in [2.45, 2.75) is 38.2 Å². The van der Waals surface area contributed by atoms with Crippen molar-refractivity contribution in [3.05, 3.63) is 36.0 Å². The predicted octanol–water partition coefficient (Wildman–Crippen LogP) is 2.88. The fraction of sp³-hybridized carbons (Fsp3) is 0.529. The molecule has 122 valence electrons. The first-order chi connectivity index (χ1) is 11.0. The lowest BCUT2D eigenvalue weighted by Gasteiger charge is -2.22. The Morgan fingerprint density at radius 1 is 1.35 bits per heavy atom. The minimum atomic E-state index is -2.56. The minimum Gasteiger partial charge on any atom is -0.330 e. The average Bonchev–Trinajstić information content (AvgIpc) is 2.93. The number of halogens is 2. The molecular formula is C17H20F2N4. The largest absolute Gasteiger partial charge is 0.330 e. The first-order valence-electron chi connectivity index (χ1n) is 8.11. The van der Waals surface area contributed by atoms with Gasteiger partial charge in [-0.1, -0.05) is 23.4 Å². The van der Waals surface area contributed by atoms with Crippen molar-refractivity contribution in [3.63, 3.8) is 0 Å². The molecule has 23 heavy (non-hydrogen) atoms. The van der Waals surface area contributed by atoms with Crippen molar-refractivity contribution in [1.29, 1.82) is 0 Å². The third-order valence-corrected chi connectivity index (χ3v) is 5.41. The standard InChI is InChI=1S/C17H20F2N4/c18-17(19)6-4-14-9-16(14,17)11-23-10-15(21-22-23)13-3-1-2-12(8-13)5-7-20/h1-3,8,10,14H,4-7,9,11,20H2/t14-,16-/m1/s1. The average molecular weight is 318 g/mol. The zero-order valence-electron chi connectivity index (χ0n) is 12.9. The highest BCUT2D eigenvalue weighted by Crippen LogP contribution is 2.71. The van der Waals surface area contributed by atoms with Crippen molar-refractivity contribution in [3.8, 4) is 11.3 Å². The maximum absolute atomic E-state index is 14.1. The summed E-state index contributed by atoms with van der Waals surface area (Å²) in [5, 5.41) is 8.24. The summed E-state index contributed by atoms with van der Waals surface area (Å²) >= 11 is 0.